The molecule has 0 bridgehead atoms. The highest BCUT2D eigenvalue weighted by molar-refractivity contribution is 7.99. The van der Waals surface area contributed by atoms with Crippen LogP contribution in [0.2, 0.25) is 0 Å². The van der Waals surface area contributed by atoms with Gasteiger partial charge in [0, 0.05) is 36.3 Å². The monoisotopic (exact) mass is 419 g/mol. The van der Waals surface area contributed by atoms with Gasteiger partial charge >= 0.3 is 0 Å². The van der Waals surface area contributed by atoms with E-state index in [1.54, 1.807) is 42.4 Å². The average Bonchev–Trinajstić information content (AvgIpc) is 2.78. The highest BCUT2D eigenvalue weighted by atomic mass is 32.2. The summed E-state index contributed by atoms with van der Waals surface area (Å²) in [5.41, 5.74) is 2.10. The van der Waals surface area contributed by atoms with Gasteiger partial charge < -0.3 is 10.2 Å². The minimum atomic E-state index is -0.179. The molecule has 3 rings (SSSR count). The zero-order valence-electron chi connectivity index (χ0n) is 17.3. The smallest absolute Gasteiger partial charge is 0.254 e. The van der Waals surface area contributed by atoms with E-state index in [0.29, 0.717) is 22.7 Å². The van der Waals surface area contributed by atoms with E-state index in [1.807, 2.05) is 56.3 Å². The van der Waals surface area contributed by atoms with Gasteiger partial charge in [-0.25, -0.2) is 4.98 Å². The van der Waals surface area contributed by atoms with Crippen molar-refractivity contribution in [3.05, 3.63) is 89.6 Å². The first-order chi connectivity index (χ1) is 14.5. The van der Waals surface area contributed by atoms with Gasteiger partial charge in [-0.05, 0) is 55.8 Å². The molecule has 1 heterocycles. The Balaban J connectivity index is 1.64. The number of nitrogens with zero attached hydrogens (tertiary/aromatic N) is 2. The second-order valence-electron chi connectivity index (χ2n) is 7.16. The molecule has 0 spiro atoms. The molecule has 30 heavy (non-hydrogen) atoms. The van der Waals surface area contributed by atoms with E-state index in [4.69, 9.17) is 0 Å². The van der Waals surface area contributed by atoms with Gasteiger partial charge in [-0.1, -0.05) is 42.1 Å². The van der Waals surface area contributed by atoms with Crippen molar-refractivity contribution >= 4 is 23.6 Å². The van der Waals surface area contributed by atoms with E-state index < -0.39 is 0 Å². The van der Waals surface area contributed by atoms with E-state index in [9.17, 15) is 9.59 Å². The van der Waals surface area contributed by atoms with Crippen LogP contribution >= 0.6 is 11.8 Å². The third kappa shape index (κ3) is 5.48. The number of nitrogens with one attached hydrogen (secondary N) is 1. The predicted molar refractivity (Wildman–Crippen MR) is 120 cm³/mol. The van der Waals surface area contributed by atoms with Gasteiger partial charge in [0.2, 0.25) is 0 Å². The van der Waals surface area contributed by atoms with Crippen molar-refractivity contribution in [3.8, 4) is 0 Å². The Bertz CT molecular complexity index is 1000. The Morgan fingerprint density at radius 3 is 2.37 bits per heavy atom. The van der Waals surface area contributed by atoms with Crippen LogP contribution in [0.3, 0.4) is 0 Å². The molecular weight excluding hydrogens is 394 g/mol. The quantitative estimate of drug-likeness (QED) is 0.606. The summed E-state index contributed by atoms with van der Waals surface area (Å²) in [5, 5.41) is 3.61. The van der Waals surface area contributed by atoms with Gasteiger partial charge in [0.1, 0.15) is 5.03 Å². The van der Waals surface area contributed by atoms with Crippen LogP contribution in [0.5, 0.6) is 0 Å². The lowest BCUT2D eigenvalue weighted by atomic mass is 10.1. The van der Waals surface area contributed by atoms with Crippen LogP contribution in [0.4, 0.5) is 0 Å². The molecule has 6 heteroatoms. The lowest BCUT2D eigenvalue weighted by Gasteiger charge is -2.21. The van der Waals surface area contributed by atoms with Crippen molar-refractivity contribution in [1.82, 2.24) is 15.2 Å². The number of carbonyl (C=O) groups excluding carboxylic acids is 2. The SMILES string of the molecule is CC(C)N(C)C(=O)c1ccc(CNC(=O)c2cccnc2Sc2ccccc2)cc1. The van der Waals surface area contributed by atoms with Crippen molar-refractivity contribution < 1.29 is 9.59 Å². The van der Waals surface area contributed by atoms with Crippen molar-refractivity contribution in [2.24, 2.45) is 0 Å². The minimum Gasteiger partial charge on any atom is -0.348 e. The summed E-state index contributed by atoms with van der Waals surface area (Å²) in [6.45, 7) is 4.33. The maximum absolute atomic E-state index is 12.7. The first kappa shape index (κ1) is 21.6. The van der Waals surface area contributed by atoms with Crippen molar-refractivity contribution in [2.75, 3.05) is 7.05 Å². The molecule has 2 aromatic carbocycles. The number of aromatic nitrogens is 1. The molecule has 0 fully saturated rings. The second-order valence-corrected chi connectivity index (χ2v) is 8.22. The van der Waals surface area contributed by atoms with E-state index in [0.717, 1.165) is 10.5 Å². The highest BCUT2D eigenvalue weighted by Gasteiger charge is 2.15. The normalized spacial score (nSPS) is 10.7. The van der Waals surface area contributed by atoms with Crippen molar-refractivity contribution in [1.29, 1.82) is 0 Å². The van der Waals surface area contributed by atoms with Gasteiger partial charge in [0.25, 0.3) is 11.8 Å². The zero-order valence-corrected chi connectivity index (χ0v) is 18.1. The average molecular weight is 420 g/mol. The van der Waals surface area contributed by atoms with Crippen LogP contribution in [0.15, 0.2) is 82.8 Å². The summed E-state index contributed by atoms with van der Waals surface area (Å²) in [7, 11) is 1.79. The molecule has 0 aliphatic heterocycles. The second kappa shape index (κ2) is 10.1. The highest BCUT2D eigenvalue weighted by Crippen LogP contribution is 2.28. The van der Waals surface area contributed by atoms with Gasteiger partial charge in [-0.15, -0.1) is 0 Å². The van der Waals surface area contributed by atoms with E-state index >= 15 is 0 Å². The number of amides is 2. The van der Waals surface area contributed by atoms with Crippen LogP contribution in [0, 0.1) is 0 Å². The number of rotatable bonds is 7. The molecule has 154 valence electrons. The molecule has 0 atom stereocenters. The Morgan fingerprint density at radius 1 is 1.00 bits per heavy atom. The standard InChI is InChI=1S/C24H25N3O2S/c1-17(2)27(3)24(29)19-13-11-18(12-14-19)16-26-22(28)21-10-7-15-25-23(21)30-20-8-5-4-6-9-20/h4-15,17H,16H2,1-3H3,(H,26,28). The first-order valence-corrected chi connectivity index (χ1v) is 10.6. The summed E-state index contributed by atoms with van der Waals surface area (Å²) < 4.78 is 0. The lowest BCUT2D eigenvalue weighted by Crippen LogP contribution is -2.32. The fourth-order valence-electron chi connectivity index (χ4n) is 2.73. The Kier molecular flexibility index (Phi) is 7.25. The van der Waals surface area contributed by atoms with E-state index in [1.165, 1.54) is 11.8 Å². The summed E-state index contributed by atoms with van der Waals surface area (Å²) in [5.74, 6) is -0.195. The van der Waals surface area contributed by atoms with Crippen LogP contribution in [-0.2, 0) is 6.54 Å². The molecule has 0 aliphatic carbocycles. The molecular formula is C24H25N3O2S. The Hall–Kier alpha value is -3.12. The minimum absolute atomic E-state index is 0.0153. The van der Waals surface area contributed by atoms with Crippen molar-refractivity contribution in [2.45, 2.75) is 36.4 Å². The van der Waals surface area contributed by atoms with Crippen LogP contribution in [0.1, 0.15) is 40.1 Å². The molecule has 0 aliphatic rings. The molecule has 2 amide bonds. The van der Waals surface area contributed by atoms with Crippen LogP contribution in [-0.4, -0.2) is 34.8 Å². The van der Waals surface area contributed by atoms with Crippen molar-refractivity contribution in [3.63, 3.8) is 0 Å². The number of hydrogen-bond acceptors (Lipinski definition) is 4. The fraction of sp³-hybridized carbons (Fsp3) is 0.208. The van der Waals surface area contributed by atoms with Gasteiger partial charge in [-0.3, -0.25) is 9.59 Å². The Labute approximate surface area is 181 Å². The molecule has 3 aromatic rings. The molecule has 1 aromatic heterocycles. The molecule has 0 unspecified atom stereocenters. The van der Waals surface area contributed by atoms with Crippen LogP contribution in [0.25, 0.3) is 0 Å². The summed E-state index contributed by atoms with van der Waals surface area (Å²) in [6.07, 6.45) is 1.69. The molecule has 0 saturated heterocycles. The van der Waals surface area contributed by atoms with Gasteiger partial charge in [0.05, 0.1) is 5.56 Å². The summed E-state index contributed by atoms with van der Waals surface area (Å²) in [6, 6.07) is 20.8. The number of hydrogen-bond donors (Lipinski definition) is 1. The maximum atomic E-state index is 12.7. The largest absolute Gasteiger partial charge is 0.348 e. The third-order valence-electron chi connectivity index (χ3n) is 4.72. The van der Waals surface area contributed by atoms with Crippen LogP contribution < -0.4 is 5.32 Å². The molecule has 1 N–H and O–H groups in total. The van der Waals surface area contributed by atoms with Gasteiger partial charge in [-0.2, -0.15) is 0 Å². The summed E-state index contributed by atoms with van der Waals surface area (Å²) >= 11 is 1.46. The number of carbonyl (C=O) groups is 2. The fourth-order valence-corrected chi connectivity index (χ4v) is 3.63. The third-order valence-corrected chi connectivity index (χ3v) is 5.75. The van der Waals surface area contributed by atoms with E-state index in [2.05, 4.69) is 10.3 Å². The molecule has 0 radical (unpaired) electrons. The molecule has 5 nitrogen and oxygen atoms in total. The number of pyridine rings is 1. The lowest BCUT2D eigenvalue weighted by molar-refractivity contribution is 0.0754. The van der Waals surface area contributed by atoms with Gasteiger partial charge in [0.15, 0.2) is 0 Å². The van der Waals surface area contributed by atoms with E-state index in [-0.39, 0.29) is 17.9 Å². The zero-order chi connectivity index (χ0) is 21.5. The topological polar surface area (TPSA) is 62.3 Å². The predicted octanol–water partition coefficient (Wildman–Crippen LogP) is 4.64. The summed E-state index contributed by atoms with van der Waals surface area (Å²) in [4.78, 5) is 32.2. The molecule has 0 saturated carbocycles. The Morgan fingerprint density at radius 2 is 1.70 bits per heavy atom. The maximum Gasteiger partial charge on any atom is 0.254 e. The first-order valence-electron chi connectivity index (χ1n) is 9.78. The number of benzene rings is 2.